The Bertz CT molecular complexity index is 743. The van der Waals surface area contributed by atoms with E-state index in [2.05, 4.69) is 56.8 Å². The lowest BCUT2D eigenvalue weighted by atomic mass is 10.1. The number of hydrogen-bond donors (Lipinski definition) is 2. The molecule has 1 saturated heterocycles. The van der Waals surface area contributed by atoms with Crippen molar-refractivity contribution in [2.75, 3.05) is 46.9 Å². The van der Waals surface area contributed by atoms with Crippen molar-refractivity contribution in [3.8, 4) is 0 Å². The van der Waals surface area contributed by atoms with Crippen molar-refractivity contribution in [1.82, 2.24) is 20.4 Å². The van der Waals surface area contributed by atoms with Gasteiger partial charge in [-0.25, -0.2) is 4.79 Å². The molecule has 0 aromatic heterocycles. The summed E-state index contributed by atoms with van der Waals surface area (Å²) >= 11 is 0. The third-order valence-electron chi connectivity index (χ3n) is 5.25. The number of likely N-dealkylation sites (N-methyl/N-ethyl adjacent to an activating group) is 1. The molecule has 2 aromatic carbocycles. The van der Waals surface area contributed by atoms with Gasteiger partial charge in [-0.15, -0.1) is 0 Å². The van der Waals surface area contributed by atoms with Crippen molar-refractivity contribution in [1.29, 1.82) is 0 Å². The largest absolute Gasteiger partial charge is 0.379 e. The first-order valence-corrected chi connectivity index (χ1v) is 10.2. The van der Waals surface area contributed by atoms with E-state index < -0.39 is 0 Å². The van der Waals surface area contributed by atoms with Crippen LogP contribution >= 0.6 is 0 Å². The lowest BCUT2D eigenvalue weighted by Gasteiger charge is -2.26. The van der Waals surface area contributed by atoms with Crippen LogP contribution in [0.4, 0.5) is 4.79 Å². The van der Waals surface area contributed by atoms with Gasteiger partial charge in [0, 0.05) is 32.7 Å². The number of rotatable bonds is 8. The zero-order valence-corrected chi connectivity index (χ0v) is 17.4. The molecule has 29 heavy (non-hydrogen) atoms. The van der Waals surface area contributed by atoms with Crippen molar-refractivity contribution < 1.29 is 9.53 Å². The zero-order valence-electron chi connectivity index (χ0n) is 17.4. The fraction of sp³-hybridized carbons (Fsp3) is 0.435. The Balaban J connectivity index is 1.42. The molecule has 1 aliphatic rings. The van der Waals surface area contributed by atoms with Crippen LogP contribution in [0.25, 0.3) is 0 Å². The molecule has 1 unspecified atom stereocenters. The highest BCUT2D eigenvalue weighted by Crippen LogP contribution is 2.16. The first kappa shape index (κ1) is 21.3. The van der Waals surface area contributed by atoms with Gasteiger partial charge >= 0.3 is 6.03 Å². The van der Waals surface area contributed by atoms with Crippen molar-refractivity contribution >= 4 is 6.03 Å². The number of urea groups is 1. The molecule has 2 aromatic rings. The molecule has 156 valence electrons. The normalized spacial score (nSPS) is 15.8. The minimum Gasteiger partial charge on any atom is -0.379 e. The second kappa shape index (κ2) is 11.0. The molecule has 2 N–H and O–H groups in total. The molecule has 2 amide bonds. The predicted molar refractivity (Wildman–Crippen MR) is 116 cm³/mol. The molecular formula is C23H32N4O2. The lowest BCUT2D eigenvalue weighted by Crippen LogP contribution is -2.40. The maximum atomic E-state index is 12.2. The SMILES string of the molecule is CN(C)C(CNC(=O)NCc1ccc(CN2CCOCC2)cc1)c1ccccc1. The first-order chi connectivity index (χ1) is 14.1. The number of nitrogens with one attached hydrogen (secondary N) is 2. The van der Waals surface area contributed by atoms with Crippen molar-refractivity contribution in [2.45, 2.75) is 19.1 Å². The van der Waals surface area contributed by atoms with Gasteiger partial charge in [-0.3, -0.25) is 4.90 Å². The Labute approximate surface area is 173 Å². The highest BCUT2D eigenvalue weighted by molar-refractivity contribution is 5.73. The topological polar surface area (TPSA) is 56.8 Å². The Morgan fingerprint density at radius 3 is 2.31 bits per heavy atom. The first-order valence-electron chi connectivity index (χ1n) is 10.2. The summed E-state index contributed by atoms with van der Waals surface area (Å²) in [6, 6.07) is 18.7. The third-order valence-corrected chi connectivity index (χ3v) is 5.25. The summed E-state index contributed by atoms with van der Waals surface area (Å²) in [5, 5.41) is 5.94. The Morgan fingerprint density at radius 2 is 1.66 bits per heavy atom. The maximum Gasteiger partial charge on any atom is 0.315 e. The van der Waals surface area contributed by atoms with E-state index in [1.807, 2.05) is 32.3 Å². The van der Waals surface area contributed by atoms with Gasteiger partial charge in [0.15, 0.2) is 0 Å². The van der Waals surface area contributed by atoms with Crippen LogP contribution in [-0.4, -0.2) is 62.8 Å². The van der Waals surface area contributed by atoms with Crippen LogP contribution in [0.2, 0.25) is 0 Å². The highest BCUT2D eigenvalue weighted by Gasteiger charge is 2.15. The summed E-state index contributed by atoms with van der Waals surface area (Å²) in [6.07, 6.45) is 0. The molecule has 3 rings (SSSR count). The van der Waals surface area contributed by atoms with Gasteiger partial charge in [-0.05, 0) is 30.8 Å². The molecule has 1 heterocycles. The summed E-state index contributed by atoms with van der Waals surface area (Å²) in [7, 11) is 4.05. The van der Waals surface area contributed by atoms with Crippen LogP contribution in [0.5, 0.6) is 0 Å². The lowest BCUT2D eigenvalue weighted by molar-refractivity contribution is 0.0342. The van der Waals surface area contributed by atoms with Crippen LogP contribution in [0, 0.1) is 0 Å². The molecule has 0 radical (unpaired) electrons. The van der Waals surface area contributed by atoms with E-state index in [4.69, 9.17) is 4.74 Å². The molecule has 6 heteroatoms. The number of morpholine rings is 1. The summed E-state index contributed by atoms with van der Waals surface area (Å²) in [5.41, 5.74) is 3.57. The van der Waals surface area contributed by atoms with Gasteiger partial charge in [0.25, 0.3) is 0 Å². The van der Waals surface area contributed by atoms with Crippen LogP contribution in [0.15, 0.2) is 54.6 Å². The highest BCUT2D eigenvalue weighted by atomic mass is 16.5. The number of ether oxygens (including phenoxy) is 1. The van der Waals surface area contributed by atoms with Gasteiger partial charge < -0.3 is 20.3 Å². The quantitative estimate of drug-likeness (QED) is 0.720. The van der Waals surface area contributed by atoms with E-state index in [0.29, 0.717) is 13.1 Å². The molecule has 1 fully saturated rings. The Hall–Kier alpha value is -2.41. The van der Waals surface area contributed by atoms with Gasteiger partial charge in [0.1, 0.15) is 0 Å². The smallest absolute Gasteiger partial charge is 0.315 e. The molecule has 0 aliphatic carbocycles. The van der Waals surface area contributed by atoms with Crippen molar-refractivity contribution in [3.05, 3.63) is 71.3 Å². The summed E-state index contributed by atoms with van der Waals surface area (Å²) < 4.78 is 5.39. The van der Waals surface area contributed by atoms with E-state index in [1.165, 1.54) is 11.1 Å². The maximum absolute atomic E-state index is 12.2. The Morgan fingerprint density at radius 1 is 1.00 bits per heavy atom. The van der Waals surface area contributed by atoms with E-state index in [9.17, 15) is 4.79 Å². The van der Waals surface area contributed by atoms with Crippen LogP contribution < -0.4 is 10.6 Å². The fourth-order valence-electron chi connectivity index (χ4n) is 3.49. The number of carbonyl (C=O) groups excluding carboxylic acids is 1. The molecule has 6 nitrogen and oxygen atoms in total. The summed E-state index contributed by atoms with van der Waals surface area (Å²) in [4.78, 5) is 16.8. The van der Waals surface area contributed by atoms with Crippen LogP contribution in [0.3, 0.4) is 0 Å². The number of carbonyl (C=O) groups is 1. The van der Waals surface area contributed by atoms with Gasteiger partial charge in [-0.2, -0.15) is 0 Å². The summed E-state index contributed by atoms with van der Waals surface area (Å²) in [6.45, 7) is 5.62. The summed E-state index contributed by atoms with van der Waals surface area (Å²) in [5.74, 6) is 0. The standard InChI is InChI=1S/C23H32N4O2/c1-26(2)22(21-6-4-3-5-7-21)17-25-23(28)24-16-19-8-10-20(11-9-19)18-27-12-14-29-15-13-27/h3-11,22H,12-18H2,1-2H3,(H2,24,25,28). The fourth-order valence-corrected chi connectivity index (χ4v) is 3.49. The van der Waals surface area contributed by atoms with Gasteiger partial charge in [0.05, 0.1) is 19.3 Å². The van der Waals surface area contributed by atoms with Gasteiger partial charge in [0.2, 0.25) is 0 Å². The number of benzene rings is 2. The second-order valence-corrected chi connectivity index (χ2v) is 7.66. The van der Waals surface area contributed by atoms with E-state index in [0.717, 1.165) is 38.4 Å². The second-order valence-electron chi connectivity index (χ2n) is 7.66. The van der Waals surface area contributed by atoms with E-state index in [-0.39, 0.29) is 12.1 Å². The molecule has 0 bridgehead atoms. The number of amides is 2. The molecule has 0 spiro atoms. The van der Waals surface area contributed by atoms with E-state index >= 15 is 0 Å². The number of nitrogens with zero attached hydrogens (tertiary/aromatic N) is 2. The molecular weight excluding hydrogens is 364 g/mol. The third kappa shape index (κ3) is 6.85. The average Bonchev–Trinajstić information content (AvgIpc) is 2.75. The Kier molecular flexibility index (Phi) is 8.04. The number of hydrogen-bond acceptors (Lipinski definition) is 4. The van der Waals surface area contributed by atoms with Gasteiger partial charge in [-0.1, -0.05) is 54.6 Å². The molecule has 0 saturated carbocycles. The predicted octanol–water partition coefficient (Wildman–Crippen LogP) is 2.62. The molecule has 1 aliphatic heterocycles. The van der Waals surface area contributed by atoms with E-state index in [1.54, 1.807) is 0 Å². The van der Waals surface area contributed by atoms with Crippen LogP contribution in [-0.2, 0) is 17.8 Å². The molecule has 1 atom stereocenters. The minimum atomic E-state index is -0.148. The average molecular weight is 397 g/mol. The van der Waals surface area contributed by atoms with Crippen molar-refractivity contribution in [2.24, 2.45) is 0 Å². The van der Waals surface area contributed by atoms with Crippen LogP contribution in [0.1, 0.15) is 22.7 Å². The minimum absolute atomic E-state index is 0.140. The monoisotopic (exact) mass is 396 g/mol. The zero-order chi connectivity index (χ0) is 20.5. The van der Waals surface area contributed by atoms with Crippen molar-refractivity contribution in [3.63, 3.8) is 0 Å².